The number of rotatable bonds is 6. The molecule has 2 fully saturated rings. The van der Waals surface area contributed by atoms with Gasteiger partial charge in [0.15, 0.2) is 5.78 Å². The maximum atomic E-state index is 15.2. The number of benzene rings is 1. The third-order valence-corrected chi connectivity index (χ3v) is 6.68. The molecule has 30 heavy (non-hydrogen) atoms. The Morgan fingerprint density at radius 1 is 1.33 bits per heavy atom. The number of fused-ring (bicyclic) bond motifs is 1. The zero-order valence-electron chi connectivity index (χ0n) is 17.4. The van der Waals surface area contributed by atoms with E-state index in [1.54, 1.807) is 0 Å². The smallest absolute Gasteiger partial charge is 0.316 e. The predicted octanol–water partition coefficient (Wildman–Crippen LogP) is 2.42. The Hall–Kier alpha value is -2.66. The molecular formula is C22H27FN4O3. The molecule has 0 spiro atoms. The van der Waals surface area contributed by atoms with E-state index in [0.29, 0.717) is 37.4 Å². The van der Waals surface area contributed by atoms with Crippen molar-refractivity contribution in [1.29, 1.82) is 5.26 Å². The molecule has 2 aliphatic heterocycles. The molecule has 7 nitrogen and oxygen atoms in total. The second kappa shape index (κ2) is 7.88. The molecule has 0 bridgehead atoms. The van der Waals surface area contributed by atoms with Crippen molar-refractivity contribution in [2.75, 3.05) is 43.0 Å². The zero-order valence-corrected chi connectivity index (χ0v) is 17.4. The van der Waals surface area contributed by atoms with Gasteiger partial charge in [-0.3, -0.25) is 9.59 Å². The van der Waals surface area contributed by atoms with Crippen molar-refractivity contribution in [3.8, 4) is 6.07 Å². The first-order chi connectivity index (χ1) is 14.3. The number of nitriles is 1. The van der Waals surface area contributed by atoms with Gasteiger partial charge in [-0.1, -0.05) is 0 Å². The van der Waals surface area contributed by atoms with Crippen LogP contribution in [0, 0.1) is 30.0 Å². The molecule has 3 aliphatic rings. The van der Waals surface area contributed by atoms with E-state index in [4.69, 9.17) is 5.26 Å². The monoisotopic (exact) mass is 414 g/mol. The van der Waals surface area contributed by atoms with Crippen LogP contribution in [0.15, 0.2) is 6.07 Å². The molecule has 8 heteroatoms. The van der Waals surface area contributed by atoms with E-state index >= 15 is 4.39 Å². The minimum Gasteiger partial charge on any atom is -0.481 e. The fourth-order valence-electron chi connectivity index (χ4n) is 4.88. The normalized spacial score (nSPS) is 23.6. The molecule has 0 amide bonds. The Morgan fingerprint density at radius 3 is 2.70 bits per heavy atom. The number of hydrogen-bond donors (Lipinski definition) is 1. The number of hydrogen-bond acceptors (Lipinski definition) is 6. The molecule has 2 heterocycles. The molecule has 2 atom stereocenters. The van der Waals surface area contributed by atoms with Gasteiger partial charge in [0, 0.05) is 50.2 Å². The van der Waals surface area contributed by atoms with E-state index in [1.807, 2.05) is 23.8 Å². The maximum absolute atomic E-state index is 15.2. The highest BCUT2D eigenvalue weighted by Crippen LogP contribution is 2.44. The molecular weight excluding hydrogens is 387 g/mol. The van der Waals surface area contributed by atoms with E-state index in [-0.39, 0.29) is 24.2 Å². The quantitative estimate of drug-likeness (QED) is 0.715. The number of nitrogens with zero attached hydrogens (tertiary/aromatic N) is 4. The number of likely N-dealkylation sites (N-methyl/N-ethyl adjacent to an activating group) is 1. The van der Waals surface area contributed by atoms with Crippen molar-refractivity contribution >= 4 is 23.1 Å². The Balaban J connectivity index is 1.68. The van der Waals surface area contributed by atoms with Crippen LogP contribution in [0.4, 0.5) is 15.8 Å². The molecule has 160 valence electrons. The van der Waals surface area contributed by atoms with Gasteiger partial charge in [0.05, 0.1) is 17.4 Å². The van der Waals surface area contributed by atoms with Crippen LogP contribution in [0.5, 0.6) is 0 Å². The number of halogens is 1. The first-order valence-corrected chi connectivity index (χ1v) is 10.5. The van der Waals surface area contributed by atoms with E-state index in [9.17, 15) is 14.7 Å². The average Bonchev–Trinajstić information content (AvgIpc) is 3.44. The SMILES string of the molecule is Cc1c(N2CCC(N(C)CCC#N)C2)c(F)cc2c1N(C1CC1)CC(C(=O)O)C2=O. The summed E-state index contributed by atoms with van der Waals surface area (Å²) in [6, 6.07) is 3.87. The Kier molecular flexibility index (Phi) is 5.41. The Bertz CT molecular complexity index is 924. The van der Waals surface area contributed by atoms with Crippen molar-refractivity contribution in [2.45, 2.75) is 44.7 Å². The van der Waals surface area contributed by atoms with Gasteiger partial charge in [0.1, 0.15) is 11.7 Å². The van der Waals surface area contributed by atoms with E-state index in [2.05, 4.69) is 11.0 Å². The fourth-order valence-corrected chi connectivity index (χ4v) is 4.88. The van der Waals surface area contributed by atoms with Crippen molar-refractivity contribution in [1.82, 2.24) is 4.90 Å². The second-order valence-electron chi connectivity index (χ2n) is 8.64. The fraction of sp³-hybridized carbons (Fsp3) is 0.591. The summed E-state index contributed by atoms with van der Waals surface area (Å²) in [6.07, 6.45) is 3.26. The molecule has 1 saturated carbocycles. The molecule has 0 aromatic heterocycles. The summed E-state index contributed by atoms with van der Waals surface area (Å²) in [4.78, 5) is 30.6. The molecule has 2 unspecified atom stereocenters. The summed E-state index contributed by atoms with van der Waals surface area (Å²) >= 11 is 0. The number of Topliss-reactive ketones (excluding diaryl/α,β-unsaturated/α-hetero) is 1. The lowest BCUT2D eigenvalue weighted by atomic mass is 9.88. The van der Waals surface area contributed by atoms with Crippen LogP contribution in [0.3, 0.4) is 0 Å². The summed E-state index contributed by atoms with van der Waals surface area (Å²) in [5.41, 5.74) is 2.13. The van der Waals surface area contributed by atoms with Gasteiger partial charge < -0.3 is 19.8 Å². The Labute approximate surface area is 175 Å². The highest BCUT2D eigenvalue weighted by Gasteiger charge is 2.44. The third kappa shape index (κ3) is 3.52. The first kappa shape index (κ1) is 20.6. The molecule has 0 radical (unpaired) electrons. The number of carboxylic acids is 1. The molecule has 1 aromatic carbocycles. The highest BCUT2D eigenvalue weighted by molar-refractivity contribution is 6.14. The summed E-state index contributed by atoms with van der Waals surface area (Å²) in [5.74, 6) is -3.27. The number of aliphatic carboxylic acids is 1. The number of carbonyl (C=O) groups excluding carboxylic acids is 1. The molecule has 1 aromatic rings. The summed E-state index contributed by atoms with van der Waals surface area (Å²) < 4.78 is 15.2. The molecule has 4 rings (SSSR count). The molecule has 1 N–H and O–H groups in total. The van der Waals surface area contributed by atoms with Gasteiger partial charge in [0.2, 0.25) is 0 Å². The van der Waals surface area contributed by atoms with Gasteiger partial charge in [-0.05, 0) is 44.9 Å². The minimum absolute atomic E-state index is 0.150. The zero-order chi connectivity index (χ0) is 21.6. The predicted molar refractivity (Wildman–Crippen MR) is 110 cm³/mol. The first-order valence-electron chi connectivity index (χ1n) is 10.5. The van der Waals surface area contributed by atoms with Gasteiger partial charge in [-0.15, -0.1) is 0 Å². The number of anilines is 2. The summed E-state index contributed by atoms with van der Waals surface area (Å²) in [6.45, 7) is 4.03. The Morgan fingerprint density at radius 2 is 2.07 bits per heavy atom. The topological polar surface area (TPSA) is 87.9 Å². The summed E-state index contributed by atoms with van der Waals surface area (Å²) in [7, 11) is 1.99. The second-order valence-corrected chi connectivity index (χ2v) is 8.64. The van der Waals surface area contributed by atoms with Gasteiger partial charge >= 0.3 is 5.97 Å². The lowest BCUT2D eigenvalue weighted by Gasteiger charge is -2.37. The van der Waals surface area contributed by atoms with Gasteiger partial charge in [-0.25, -0.2) is 4.39 Å². The van der Waals surface area contributed by atoms with Crippen LogP contribution in [-0.4, -0.2) is 67.1 Å². The highest BCUT2D eigenvalue weighted by atomic mass is 19.1. The summed E-state index contributed by atoms with van der Waals surface area (Å²) in [5, 5.41) is 18.3. The van der Waals surface area contributed by atoms with Crippen LogP contribution >= 0.6 is 0 Å². The van der Waals surface area contributed by atoms with Crippen LogP contribution in [0.25, 0.3) is 0 Å². The van der Waals surface area contributed by atoms with Gasteiger partial charge in [0.25, 0.3) is 0 Å². The van der Waals surface area contributed by atoms with E-state index in [1.165, 1.54) is 6.07 Å². The van der Waals surface area contributed by atoms with Crippen LogP contribution in [0.1, 0.15) is 41.6 Å². The van der Waals surface area contributed by atoms with Crippen molar-refractivity contribution in [3.05, 3.63) is 23.0 Å². The number of carbonyl (C=O) groups is 2. The van der Waals surface area contributed by atoms with Crippen LogP contribution < -0.4 is 9.80 Å². The van der Waals surface area contributed by atoms with Crippen LogP contribution in [-0.2, 0) is 4.79 Å². The van der Waals surface area contributed by atoms with Crippen molar-refractivity contribution in [3.63, 3.8) is 0 Å². The third-order valence-electron chi connectivity index (χ3n) is 6.68. The van der Waals surface area contributed by atoms with Crippen molar-refractivity contribution < 1.29 is 19.1 Å². The van der Waals surface area contributed by atoms with E-state index < -0.39 is 23.5 Å². The van der Waals surface area contributed by atoms with Crippen molar-refractivity contribution in [2.24, 2.45) is 5.92 Å². The van der Waals surface area contributed by atoms with Gasteiger partial charge in [-0.2, -0.15) is 5.26 Å². The van der Waals surface area contributed by atoms with Crippen LogP contribution in [0.2, 0.25) is 0 Å². The minimum atomic E-state index is -1.15. The molecule has 1 aliphatic carbocycles. The number of carboxylic acid groups (broad SMARTS) is 1. The largest absolute Gasteiger partial charge is 0.481 e. The maximum Gasteiger partial charge on any atom is 0.316 e. The van der Waals surface area contributed by atoms with E-state index in [0.717, 1.165) is 24.8 Å². The lowest BCUT2D eigenvalue weighted by molar-refractivity contribution is -0.139. The average molecular weight is 414 g/mol. The lowest BCUT2D eigenvalue weighted by Crippen LogP contribution is -2.44. The standard InChI is InChI=1S/C22H27FN4O3/c1-13-19-16(21(28)17(22(29)30)12-27(19)14-4-5-14)10-18(23)20(13)26-9-6-15(11-26)25(2)8-3-7-24/h10,14-15,17H,3-6,8-9,11-12H2,1-2H3,(H,29,30). The number of ketones is 1. The molecule has 1 saturated heterocycles.